The third-order valence-corrected chi connectivity index (χ3v) is 5.24. The standard InChI is InChI=1S/C15H18N2OS.BrH/c1-15-10-12(11-6-2-3-7-13(11)18-15)17-8-4-5-9-19-14(17)16-15;/h2-3,6-7,12H,4-5,8-10H2,1H3;1H/t12-,15-;/m0./s1. The molecule has 1 aromatic rings. The highest BCUT2D eigenvalue weighted by Gasteiger charge is 2.45. The monoisotopic (exact) mass is 354 g/mol. The Hall–Kier alpha value is -0.680. The molecule has 1 saturated heterocycles. The van der Waals surface area contributed by atoms with Crippen molar-refractivity contribution in [2.75, 3.05) is 12.3 Å². The first-order chi connectivity index (χ1) is 9.25. The molecule has 0 aromatic heterocycles. The molecule has 5 heteroatoms. The summed E-state index contributed by atoms with van der Waals surface area (Å²) in [6, 6.07) is 8.88. The average molecular weight is 355 g/mol. The third kappa shape index (κ3) is 2.25. The van der Waals surface area contributed by atoms with Crippen LogP contribution >= 0.6 is 28.7 Å². The van der Waals surface area contributed by atoms with Gasteiger partial charge in [0, 0.05) is 24.3 Å². The molecular formula is C15H19BrN2OS. The maximum absolute atomic E-state index is 6.15. The first-order valence-corrected chi connectivity index (χ1v) is 8.01. The van der Waals surface area contributed by atoms with E-state index in [4.69, 9.17) is 9.73 Å². The Balaban J connectivity index is 0.00000121. The van der Waals surface area contributed by atoms with Crippen LogP contribution in [0, 0.1) is 0 Å². The van der Waals surface area contributed by atoms with Crippen LogP contribution < -0.4 is 4.74 Å². The van der Waals surface area contributed by atoms with E-state index in [9.17, 15) is 0 Å². The highest BCUT2D eigenvalue weighted by atomic mass is 79.9. The largest absolute Gasteiger partial charge is 0.466 e. The molecule has 1 aromatic carbocycles. The average Bonchev–Trinajstić information content (AvgIpc) is 2.63. The van der Waals surface area contributed by atoms with E-state index in [1.165, 1.54) is 29.3 Å². The molecule has 0 saturated carbocycles. The van der Waals surface area contributed by atoms with E-state index in [1.807, 2.05) is 17.8 Å². The van der Waals surface area contributed by atoms with Gasteiger partial charge in [-0.25, -0.2) is 4.99 Å². The van der Waals surface area contributed by atoms with Gasteiger partial charge in [0.2, 0.25) is 5.72 Å². The van der Waals surface area contributed by atoms with E-state index in [-0.39, 0.29) is 22.7 Å². The summed E-state index contributed by atoms with van der Waals surface area (Å²) < 4.78 is 6.15. The number of aliphatic imine (C=N–C) groups is 1. The predicted octanol–water partition coefficient (Wildman–Crippen LogP) is 4.00. The second-order valence-electron chi connectivity index (χ2n) is 5.68. The smallest absolute Gasteiger partial charge is 0.202 e. The molecule has 108 valence electrons. The molecule has 3 aliphatic rings. The van der Waals surface area contributed by atoms with Crippen LogP contribution in [0.1, 0.15) is 37.8 Å². The van der Waals surface area contributed by atoms with Gasteiger partial charge in [0.25, 0.3) is 0 Å². The number of para-hydroxylation sites is 1. The van der Waals surface area contributed by atoms with Crippen molar-refractivity contribution in [3.05, 3.63) is 29.8 Å². The zero-order valence-electron chi connectivity index (χ0n) is 11.5. The van der Waals surface area contributed by atoms with E-state index in [0.29, 0.717) is 6.04 Å². The number of nitrogens with zero attached hydrogens (tertiary/aromatic N) is 2. The summed E-state index contributed by atoms with van der Waals surface area (Å²) in [6.45, 7) is 3.24. The molecule has 1 fully saturated rings. The van der Waals surface area contributed by atoms with Crippen molar-refractivity contribution < 1.29 is 4.74 Å². The van der Waals surface area contributed by atoms with Gasteiger partial charge in [0.1, 0.15) is 5.75 Å². The van der Waals surface area contributed by atoms with Gasteiger partial charge in [-0.1, -0.05) is 30.0 Å². The summed E-state index contributed by atoms with van der Waals surface area (Å²) >= 11 is 1.89. The number of fused-ring (bicyclic) bond motifs is 6. The highest BCUT2D eigenvalue weighted by molar-refractivity contribution is 8.93. The minimum atomic E-state index is -0.373. The number of benzene rings is 1. The lowest BCUT2D eigenvalue weighted by molar-refractivity contribution is 0.0249. The first-order valence-electron chi connectivity index (χ1n) is 7.02. The molecule has 2 atom stereocenters. The lowest BCUT2D eigenvalue weighted by Crippen LogP contribution is -2.49. The Bertz CT molecular complexity index is 550. The highest BCUT2D eigenvalue weighted by Crippen LogP contribution is 2.47. The molecular weight excluding hydrogens is 336 g/mol. The van der Waals surface area contributed by atoms with Gasteiger partial charge >= 0.3 is 0 Å². The molecule has 0 radical (unpaired) electrons. The van der Waals surface area contributed by atoms with E-state index in [0.717, 1.165) is 18.7 Å². The van der Waals surface area contributed by atoms with E-state index in [2.05, 4.69) is 30.0 Å². The van der Waals surface area contributed by atoms with Crippen LogP contribution in [0.4, 0.5) is 0 Å². The molecule has 2 bridgehead atoms. The first kappa shape index (κ1) is 14.3. The zero-order chi connectivity index (χ0) is 12.9. The van der Waals surface area contributed by atoms with E-state index < -0.39 is 0 Å². The molecule has 4 rings (SSSR count). The fourth-order valence-corrected chi connectivity index (χ4v) is 4.43. The fourth-order valence-electron chi connectivity index (χ4n) is 3.26. The van der Waals surface area contributed by atoms with E-state index in [1.54, 1.807) is 0 Å². The number of halogens is 1. The Morgan fingerprint density at radius 1 is 1.35 bits per heavy atom. The molecule has 0 amide bonds. The van der Waals surface area contributed by atoms with Crippen LogP contribution in [0.5, 0.6) is 5.75 Å². The fraction of sp³-hybridized carbons (Fsp3) is 0.533. The van der Waals surface area contributed by atoms with Gasteiger partial charge in [0.15, 0.2) is 5.17 Å². The topological polar surface area (TPSA) is 24.8 Å². The number of amidine groups is 1. The number of rotatable bonds is 0. The SMILES string of the molecule is Br.C[C@@]12C[C@@H](c3ccccc3O1)N1CCCCSC1=N2. The summed E-state index contributed by atoms with van der Waals surface area (Å²) in [5.41, 5.74) is 0.956. The lowest BCUT2D eigenvalue weighted by Gasteiger charge is -2.47. The minimum Gasteiger partial charge on any atom is -0.466 e. The molecule has 3 heterocycles. The third-order valence-electron chi connectivity index (χ3n) is 4.16. The van der Waals surface area contributed by atoms with Crippen molar-refractivity contribution in [1.82, 2.24) is 4.90 Å². The molecule has 0 unspecified atom stereocenters. The Morgan fingerprint density at radius 2 is 2.20 bits per heavy atom. The summed E-state index contributed by atoms with van der Waals surface area (Å²) in [6.07, 6.45) is 3.52. The molecule has 3 nitrogen and oxygen atoms in total. The van der Waals surface area contributed by atoms with Gasteiger partial charge in [0.05, 0.1) is 6.04 Å². The Labute approximate surface area is 134 Å². The zero-order valence-corrected chi connectivity index (χ0v) is 14.1. The normalized spacial score (nSPS) is 30.9. The number of thioether (sulfide) groups is 1. The van der Waals surface area contributed by atoms with Gasteiger partial charge in [-0.2, -0.15) is 0 Å². The maximum Gasteiger partial charge on any atom is 0.202 e. The van der Waals surface area contributed by atoms with Crippen LogP contribution in [0.2, 0.25) is 0 Å². The number of hydrogen-bond donors (Lipinski definition) is 0. The minimum absolute atomic E-state index is 0. The van der Waals surface area contributed by atoms with Crippen molar-refractivity contribution in [3.8, 4) is 5.75 Å². The van der Waals surface area contributed by atoms with Crippen LogP contribution in [0.15, 0.2) is 29.3 Å². The summed E-state index contributed by atoms with van der Waals surface area (Å²) in [5, 5.41) is 1.19. The van der Waals surface area contributed by atoms with Crippen LogP contribution in [0.25, 0.3) is 0 Å². The van der Waals surface area contributed by atoms with Crippen molar-refractivity contribution in [2.45, 2.75) is 38.0 Å². The second-order valence-corrected chi connectivity index (χ2v) is 6.74. The molecule has 3 aliphatic heterocycles. The van der Waals surface area contributed by atoms with Gasteiger partial charge < -0.3 is 9.64 Å². The van der Waals surface area contributed by atoms with Gasteiger partial charge in [-0.3, -0.25) is 0 Å². The van der Waals surface area contributed by atoms with Gasteiger partial charge in [-0.05, 0) is 25.8 Å². The van der Waals surface area contributed by atoms with Crippen molar-refractivity contribution >= 4 is 33.9 Å². The number of ether oxygens (including phenoxy) is 1. The molecule has 0 spiro atoms. The second kappa shape index (κ2) is 5.26. The summed E-state index contributed by atoms with van der Waals surface area (Å²) in [5.74, 6) is 2.19. The van der Waals surface area contributed by atoms with Crippen LogP contribution in [-0.2, 0) is 0 Å². The summed E-state index contributed by atoms with van der Waals surface area (Å²) in [4.78, 5) is 7.40. The van der Waals surface area contributed by atoms with Crippen LogP contribution in [-0.4, -0.2) is 28.1 Å². The molecule has 20 heavy (non-hydrogen) atoms. The Morgan fingerprint density at radius 3 is 3.10 bits per heavy atom. The lowest BCUT2D eigenvalue weighted by atomic mass is 9.91. The quantitative estimate of drug-likeness (QED) is 0.703. The molecule has 0 N–H and O–H groups in total. The van der Waals surface area contributed by atoms with Crippen molar-refractivity contribution in [2.24, 2.45) is 4.99 Å². The number of hydrogen-bond acceptors (Lipinski definition) is 4. The molecule has 0 aliphatic carbocycles. The van der Waals surface area contributed by atoms with E-state index >= 15 is 0 Å². The van der Waals surface area contributed by atoms with Crippen molar-refractivity contribution in [1.29, 1.82) is 0 Å². The maximum atomic E-state index is 6.15. The van der Waals surface area contributed by atoms with Crippen molar-refractivity contribution in [3.63, 3.8) is 0 Å². The summed E-state index contributed by atoms with van der Waals surface area (Å²) in [7, 11) is 0. The predicted molar refractivity (Wildman–Crippen MR) is 89.0 cm³/mol. The van der Waals surface area contributed by atoms with Crippen LogP contribution in [0.3, 0.4) is 0 Å². The Kier molecular flexibility index (Phi) is 3.75. The van der Waals surface area contributed by atoms with Gasteiger partial charge in [-0.15, -0.1) is 17.0 Å².